The number of anilines is 1. The van der Waals surface area contributed by atoms with Crippen LogP contribution in [0.15, 0.2) is 83.4 Å². The van der Waals surface area contributed by atoms with Crippen molar-refractivity contribution in [2.45, 2.75) is 31.9 Å². The predicted molar refractivity (Wildman–Crippen MR) is 122 cm³/mol. The molecule has 0 unspecified atom stereocenters. The molecule has 1 heterocycles. The Morgan fingerprint density at radius 1 is 1.00 bits per heavy atom. The highest BCUT2D eigenvalue weighted by atomic mass is 79.9. The lowest BCUT2D eigenvalue weighted by atomic mass is 9.77. The second kappa shape index (κ2) is 7.72. The summed E-state index contributed by atoms with van der Waals surface area (Å²) in [5.41, 5.74) is 6.42. The molecule has 0 amide bonds. The van der Waals surface area contributed by atoms with Crippen LogP contribution in [-0.4, -0.2) is 0 Å². The minimum atomic E-state index is 0.315. The normalized spacial score (nSPS) is 21.9. The zero-order valence-electron chi connectivity index (χ0n) is 16.4. The van der Waals surface area contributed by atoms with E-state index < -0.39 is 0 Å². The van der Waals surface area contributed by atoms with E-state index >= 15 is 0 Å². The molecule has 146 valence electrons. The molecule has 2 aliphatic rings. The molecule has 3 heteroatoms. The molecule has 0 radical (unpaired) electrons. The lowest BCUT2D eigenvalue weighted by Crippen LogP contribution is -2.29. The fourth-order valence-corrected chi connectivity index (χ4v) is 4.90. The summed E-state index contributed by atoms with van der Waals surface area (Å²) in [7, 11) is 0. The molecule has 1 N–H and O–H groups in total. The van der Waals surface area contributed by atoms with Crippen molar-refractivity contribution >= 4 is 21.6 Å². The number of aryl methyl sites for hydroxylation is 1. The van der Waals surface area contributed by atoms with E-state index in [-0.39, 0.29) is 0 Å². The van der Waals surface area contributed by atoms with Gasteiger partial charge in [0.2, 0.25) is 0 Å². The Labute approximate surface area is 180 Å². The fourth-order valence-electron chi connectivity index (χ4n) is 4.52. The molecular formula is C26H24BrNO. The van der Waals surface area contributed by atoms with Crippen molar-refractivity contribution in [2.75, 3.05) is 5.32 Å². The Bertz CT molecular complexity index is 1040. The third-order valence-corrected chi connectivity index (χ3v) is 6.58. The highest BCUT2D eigenvalue weighted by molar-refractivity contribution is 9.10. The zero-order valence-corrected chi connectivity index (χ0v) is 18.0. The number of allylic oxidation sites excluding steroid dienone is 2. The smallest absolute Gasteiger partial charge is 0.119 e. The van der Waals surface area contributed by atoms with Crippen LogP contribution < -0.4 is 10.1 Å². The van der Waals surface area contributed by atoms with Gasteiger partial charge in [-0.25, -0.2) is 0 Å². The number of nitrogens with one attached hydrogen (secondary N) is 1. The first-order valence-electron chi connectivity index (χ1n) is 10.2. The van der Waals surface area contributed by atoms with Gasteiger partial charge in [0.15, 0.2) is 0 Å². The zero-order chi connectivity index (χ0) is 19.8. The van der Waals surface area contributed by atoms with Crippen LogP contribution in [-0.2, 0) is 6.61 Å². The first-order valence-corrected chi connectivity index (χ1v) is 11.0. The molecule has 3 aromatic rings. The molecule has 0 spiro atoms. The predicted octanol–water partition coefficient (Wildman–Crippen LogP) is 7.16. The molecule has 1 aliphatic heterocycles. The van der Waals surface area contributed by atoms with Crippen LogP contribution in [0.2, 0.25) is 0 Å². The number of benzene rings is 3. The third-order valence-electron chi connectivity index (χ3n) is 6.09. The molecule has 0 saturated heterocycles. The molecule has 0 fully saturated rings. The summed E-state index contributed by atoms with van der Waals surface area (Å²) >= 11 is 3.62. The standard InChI is InChI=1S/C26H24BrNO/c1-17-5-7-18(8-6-17)16-29-21-12-9-19(10-13-21)26-23-4-2-3-22(23)24-15-20(27)11-14-25(24)28-26/h2-3,5-15,22-23,26,28H,4,16H2,1H3/t22-,23+,26+/m1/s1. The first kappa shape index (κ1) is 18.5. The van der Waals surface area contributed by atoms with Crippen molar-refractivity contribution in [3.63, 3.8) is 0 Å². The summed E-state index contributed by atoms with van der Waals surface area (Å²) in [6.45, 7) is 2.70. The van der Waals surface area contributed by atoms with Gasteiger partial charge in [-0.15, -0.1) is 0 Å². The second-order valence-electron chi connectivity index (χ2n) is 8.05. The maximum Gasteiger partial charge on any atom is 0.119 e. The van der Waals surface area contributed by atoms with E-state index in [2.05, 4.69) is 107 Å². The van der Waals surface area contributed by atoms with E-state index in [1.807, 2.05) is 0 Å². The first-order chi connectivity index (χ1) is 14.2. The van der Waals surface area contributed by atoms with Crippen molar-refractivity contribution in [3.8, 4) is 5.75 Å². The lowest BCUT2D eigenvalue weighted by Gasteiger charge is -2.37. The number of hydrogen-bond donors (Lipinski definition) is 1. The van der Waals surface area contributed by atoms with E-state index in [1.165, 1.54) is 27.9 Å². The lowest BCUT2D eigenvalue weighted by molar-refractivity contribution is 0.306. The van der Waals surface area contributed by atoms with Crippen LogP contribution in [0.1, 0.15) is 40.6 Å². The Balaban J connectivity index is 1.33. The largest absolute Gasteiger partial charge is 0.489 e. The third kappa shape index (κ3) is 3.72. The molecule has 3 atom stereocenters. The summed E-state index contributed by atoms with van der Waals surface area (Å²) in [5, 5.41) is 3.79. The Morgan fingerprint density at radius 3 is 2.59 bits per heavy atom. The van der Waals surface area contributed by atoms with Gasteiger partial charge >= 0.3 is 0 Å². The van der Waals surface area contributed by atoms with Crippen LogP contribution in [0.3, 0.4) is 0 Å². The summed E-state index contributed by atoms with van der Waals surface area (Å²) in [6.07, 6.45) is 5.82. The van der Waals surface area contributed by atoms with Gasteiger partial charge in [0.25, 0.3) is 0 Å². The number of fused-ring (bicyclic) bond motifs is 3. The van der Waals surface area contributed by atoms with Crippen molar-refractivity contribution in [3.05, 3.63) is 106 Å². The molecule has 2 nitrogen and oxygen atoms in total. The van der Waals surface area contributed by atoms with Crippen molar-refractivity contribution in [2.24, 2.45) is 5.92 Å². The Morgan fingerprint density at radius 2 is 1.79 bits per heavy atom. The highest BCUT2D eigenvalue weighted by Gasteiger charge is 2.37. The Hall–Kier alpha value is -2.52. The summed E-state index contributed by atoms with van der Waals surface area (Å²) in [4.78, 5) is 0. The molecule has 5 rings (SSSR count). The minimum Gasteiger partial charge on any atom is -0.489 e. The summed E-state index contributed by atoms with van der Waals surface area (Å²) < 4.78 is 7.14. The van der Waals surface area contributed by atoms with Gasteiger partial charge in [0.1, 0.15) is 12.4 Å². The van der Waals surface area contributed by atoms with Gasteiger partial charge in [-0.2, -0.15) is 0 Å². The maximum atomic E-state index is 5.99. The maximum absolute atomic E-state index is 5.99. The van der Waals surface area contributed by atoms with Crippen molar-refractivity contribution < 1.29 is 4.74 Å². The van der Waals surface area contributed by atoms with Crippen LogP contribution in [0, 0.1) is 12.8 Å². The van der Waals surface area contributed by atoms with Crippen molar-refractivity contribution in [1.82, 2.24) is 0 Å². The van der Waals surface area contributed by atoms with Crippen molar-refractivity contribution in [1.29, 1.82) is 0 Å². The number of rotatable bonds is 4. The van der Waals surface area contributed by atoms with Crippen LogP contribution in [0.25, 0.3) is 0 Å². The van der Waals surface area contributed by atoms with E-state index in [0.29, 0.717) is 24.5 Å². The van der Waals surface area contributed by atoms with Gasteiger partial charge < -0.3 is 10.1 Å². The summed E-state index contributed by atoms with van der Waals surface area (Å²) in [6, 6.07) is 24.0. The van der Waals surface area contributed by atoms with Gasteiger partial charge in [0.05, 0.1) is 6.04 Å². The fraction of sp³-hybridized carbons (Fsp3) is 0.231. The van der Waals surface area contributed by atoms with Gasteiger partial charge in [-0.1, -0.05) is 70.0 Å². The van der Waals surface area contributed by atoms with Crippen LogP contribution >= 0.6 is 15.9 Å². The molecule has 3 aromatic carbocycles. The average Bonchev–Trinajstić information content (AvgIpc) is 3.24. The van der Waals surface area contributed by atoms with E-state index in [4.69, 9.17) is 4.74 Å². The van der Waals surface area contributed by atoms with Gasteiger partial charge in [-0.3, -0.25) is 0 Å². The number of hydrogen-bond acceptors (Lipinski definition) is 2. The monoisotopic (exact) mass is 445 g/mol. The average molecular weight is 446 g/mol. The van der Waals surface area contributed by atoms with Gasteiger partial charge in [0, 0.05) is 16.1 Å². The number of ether oxygens (including phenoxy) is 1. The highest BCUT2D eigenvalue weighted by Crippen LogP contribution is 2.50. The molecule has 0 saturated carbocycles. The summed E-state index contributed by atoms with van der Waals surface area (Å²) in [5.74, 6) is 1.94. The van der Waals surface area contributed by atoms with Crippen LogP contribution in [0.4, 0.5) is 5.69 Å². The Kier molecular flexibility index (Phi) is 4.92. The molecule has 0 aromatic heterocycles. The number of halogens is 1. The topological polar surface area (TPSA) is 21.3 Å². The van der Waals surface area contributed by atoms with Crippen LogP contribution in [0.5, 0.6) is 5.75 Å². The van der Waals surface area contributed by atoms with E-state index in [0.717, 1.165) is 16.6 Å². The quantitative estimate of drug-likeness (QED) is 0.429. The molecule has 1 aliphatic carbocycles. The minimum absolute atomic E-state index is 0.315. The molecular weight excluding hydrogens is 422 g/mol. The second-order valence-corrected chi connectivity index (χ2v) is 8.97. The van der Waals surface area contributed by atoms with Gasteiger partial charge in [-0.05, 0) is 66.3 Å². The SMILES string of the molecule is Cc1ccc(COc2ccc([C@@H]3Nc4ccc(Br)cc4[C@@H]4C=CC[C@@H]43)cc2)cc1. The molecule has 0 bridgehead atoms. The molecule has 29 heavy (non-hydrogen) atoms. The van der Waals surface area contributed by atoms with E-state index in [1.54, 1.807) is 0 Å². The van der Waals surface area contributed by atoms with E-state index in [9.17, 15) is 0 Å².